The van der Waals surface area contributed by atoms with Gasteiger partial charge in [-0.25, -0.2) is 0 Å². The molecule has 0 aliphatic heterocycles. The summed E-state index contributed by atoms with van der Waals surface area (Å²) in [4.78, 5) is 11.6. The molecule has 0 saturated heterocycles. The SMILES string of the molecule is COC(C)(C)C(=O)Nc1[nH]ncc1C#N. The summed E-state index contributed by atoms with van der Waals surface area (Å²) in [5, 5.41) is 17.4. The first kappa shape index (κ1) is 11.2. The van der Waals surface area contributed by atoms with Gasteiger partial charge in [-0.3, -0.25) is 9.89 Å². The number of amides is 1. The van der Waals surface area contributed by atoms with Gasteiger partial charge in [-0.05, 0) is 13.8 Å². The zero-order chi connectivity index (χ0) is 11.5. The number of carbonyl (C=O) groups excluding carboxylic acids is 1. The molecule has 0 unspecified atom stereocenters. The Bertz CT molecular complexity index is 402. The van der Waals surface area contributed by atoms with E-state index in [1.54, 1.807) is 13.8 Å². The molecule has 0 radical (unpaired) electrons. The summed E-state index contributed by atoms with van der Waals surface area (Å²) in [5.74, 6) is -0.0571. The van der Waals surface area contributed by atoms with Crippen LogP contribution in [0.4, 0.5) is 5.82 Å². The molecule has 0 atom stereocenters. The maximum atomic E-state index is 11.6. The third-order valence-electron chi connectivity index (χ3n) is 2.06. The van der Waals surface area contributed by atoms with Gasteiger partial charge in [0.25, 0.3) is 5.91 Å². The number of nitrogens with zero attached hydrogens (tertiary/aromatic N) is 2. The fourth-order valence-corrected chi connectivity index (χ4v) is 0.823. The average Bonchev–Trinajstić information content (AvgIpc) is 2.65. The summed E-state index contributed by atoms with van der Waals surface area (Å²) < 4.78 is 4.99. The number of rotatable bonds is 3. The Labute approximate surface area is 87.2 Å². The van der Waals surface area contributed by atoms with Crippen molar-refractivity contribution in [2.24, 2.45) is 0 Å². The molecule has 0 bridgehead atoms. The van der Waals surface area contributed by atoms with Crippen LogP contribution in [0.15, 0.2) is 6.20 Å². The average molecular weight is 208 g/mol. The van der Waals surface area contributed by atoms with Crippen LogP contribution >= 0.6 is 0 Å². The minimum Gasteiger partial charge on any atom is -0.369 e. The highest BCUT2D eigenvalue weighted by molar-refractivity contribution is 5.96. The molecule has 6 nitrogen and oxygen atoms in total. The molecule has 0 saturated carbocycles. The second-order valence-corrected chi connectivity index (χ2v) is 3.44. The van der Waals surface area contributed by atoms with E-state index in [9.17, 15) is 4.79 Å². The highest BCUT2D eigenvalue weighted by atomic mass is 16.5. The molecule has 0 aliphatic rings. The van der Waals surface area contributed by atoms with E-state index < -0.39 is 5.60 Å². The van der Waals surface area contributed by atoms with Gasteiger partial charge >= 0.3 is 0 Å². The Balaban J connectivity index is 2.80. The molecule has 0 aliphatic carbocycles. The van der Waals surface area contributed by atoms with Crippen molar-refractivity contribution >= 4 is 11.7 Å². The van der Waals surface area contributed by atoms with Crippen molar-refractivity contribution < 1.29 is 9.53 Å². The predicted molar refractivity (Wildman–Crippen MR) is 53.0 cm³/mol. The number of aromatic amines is 1. The molecule has 1 aromatic heterocycles. The lowest BCUT2D eigenvalue weighted by atomic mass is 10.1. The van der Waals surface area contributed by atoms with Gasteiger partial charge in [0.1, 0.15) is 23.1 Å². The minimum absolute atomic E-state index is 0.285. The lowest BCUT2D eigenvalue weighted by Crippen LogP contribution is -2.39. The summed E-state index contributed by atoms with van der Waals surface area (Å²) in [6.45, 7) is 3.26. The third-order valence-corrected chi connectivity index (χ3v) is 2.06. The number of carbonyl (C=O) groups is 1. The fourth-order valence-electron chi connectivity index (χ4n) is 0.823. The minimum atomic E-state index is -0.947. The molecule has 2 N–H and O–H groups in total. The standard InChI is InChI=1S/C9H12N4O2/c1-9(2,15-3)8(14)12-7-6(4-10)5-11-13-7/h5H,1-3H3,(H2,11,12,13,14). The molecule has 0 aromatic carbocycles. The largest absolute Gasteiger partial charge is 0.369 e. The topological polar surface area (TPSA) is 90.8 Å². The highest BCUT2D eigenvalue weighted by Gasteiger charge is 2.27. The van der Waals surface area contributed by atoms with Gasteiger partial charge in [-0.2, -0.15) is 10.4 Å². The number of nitriles is 1. The third kappa shape index (κ3) is 2.33. The quantitative estimate of drug-likeness (QED) is 0.762. The molecule has 1 heterocycles. The van der Waals surface area contributed by atoms with Gasteiger partial charge in [0, 0.05) is 7.11 Å². The van der Waals surface area contributed by atoms with Crippen molar-refractivity contribution in [3.63, 3.8) is 0 Å². The lowest BCUT2D eigenvalue weighted by Gasteiger charge is -2.20. The normalized spacial score (nSPS) is 10.8. The number of hydrogen-bond donors (Lipinski definition) is 2. The van der Waals surface area contributed by atoms with Gasteiger partial charge in [0.05, 0.1) is 6.20 Å². The number of H-pyrrole nitrogens is 1. The monoisotopic (exact) mass is 208 g/mol. The van der Waals surface area contributed by atoms with E-state index in [4.69, 9.17) is 10.00 Å². The van der Waals surface area contributed by atoms with Crippen molar-refractivity contribution in [1.82, 2.24) is 10.2 Å². The molecule has 1 amide bonds. The van der Waals surface area contributed by atoms with Crippen molar-refractivity contribution in [2.75, 3.05) is 12.4 Å². The Kier molecular flexibility index (Phi) is 3.07. The number of ether oxygens (including phenoxy) is 1. The maximum Gasteiger partial charge on any atom is 0.257 e. The van der Waals surface area contributed by atoms with Crippen LogP contribution in [0.2, 0.25) is 0 Å². The summed E-state index contributed by atoms with van der Waals surface area (Å²) in [5.41, 5.74) is -0.659. The van der Waals surface area contributed by atoms with Crippen LogP contribution < -0.4 is 5.32 Å². The van der Waals surface area contributed by atoms with Crippen molar-refractivity contribution in [3.8, 4) is 6.07 Å². The smallest absolute Gasteiger partial charge is 0.257 e. The summed E-state index contributed by atoms with van der Waals surface area (Å²) in [6, 6.07) is 1.90. The zero-order valence-electron chi connectivity index (χ0n) is 8.79. The van der Waals surface area contributed by atoms with Crippen LogP contribution in [-0.2, 0) is 9.53 Å². The Hall–Kier alpha value is -1.87. The van der Waals surface area contributed by atoms with E-state index >= 15 is 0 Å². The van der Waals surface area contributed by atoms with Crippen LogP contribution in [0.5, 0.6) is 0 Å². The van der Waals surface area contributed by atoms with Gasteiger partial charge < -0.3 is 10.1 Å². The molecule has 0 fully saturated rings. The van der Waals surface area contributed by atoms with Gasteiger partial charge in [-0.1, -0.05) is 0 Å². The summed E-state index contributed by atoms with van der Waals surface area (Å²) in [6.07, 6.45) is 1.34. The molecular formula is C9H12N4O2. The number of hydrogen-bond acceptors (Lipinski definition) is 4. The molecule has 15 heavy (non-hydrogen) atoms. The number of anilines is 1. The Morgan fingerprint density at radius 2 is 2.40 bits per heavy atom. The summed E-state index contributed by atoms with van der Waals surface area (Å²) in [7, 11) is 1.44. The first-order valence-corrected chi connectivity index (χ1v) is 4.31. The van der Waals surface area contributed by atoms with Crippen LogP contribution in [-0.4, -0.2) is 28.8 Å². The van der Waals surface area contributed by atoms with E-state index in [2.05, 4.69) is 15.5 Å². The van der Waals surface area contributed by atoms with Crippen LogP contribution in [0.3, 0.4) is 0 Å². The van der Waals surface area contributed by atoms with Crippen LogP contribution in [0.25, 0.3) is 0 Å². The molecule has 1 aromatic rings. The second kappa shape index (κ2) is 4.11. The van der Waals surface area contributed by atoms with E-state index in [1.165, 1.54) is 13.3 Å². The van der Waals surface area contributed by atoms with Crippen LogP contribution in [0.1, 0.15) is 19.4 Å². The highest BCUT2D eigenvalue weighted by Crippen LogP contribution is 2.14. The van der Waals surface area contributed by atoms with E-state index in [0.717, 1.165) is 0 Å². The maximum absolute atomic E-state index is 11.6. The second-order valence-electron chi connectivity index (χ2n) is 3.44. The van der Waals surface area contributed by atoms with Gasteiger partial charge in [0.2, 0.25) is 0 Å². The first-order chi connectivity index (χ1) is 7.01. The summed E-state index contributed by atoms with van der Waals surface area (Å²) >= 11 is 0. The van der Waals surface area contributed by atoms with E-state index in [1.807, 2.05) is 6.07 Å². The van der Waals surface area contributed by atoms with Crippen LogP contribution in [0, 0.1) is 11.3 Å². The van der Waals surface area contributed by atoms with E-state index in [0.29, 0.717) is 0 Å². The molecular weight excluding hydrogens is 196 g/mol. The number of aromatic nitrogens is 2. The molecule has 80 valence electrons. The van der Waals surface area contributed by atoms with Crippen molar-refractivity contribution in [2.45, 2.75) is 19.4 Å². The lowest BCUT2D eigenvalue weighted by molar-refractivity contribution is -0.133. The van der Waals surface area contributed by atoms with E-state index in [-0.39, 0.29) is 17.3 Å². The van der Waals surface area contributed by atoms with Gasteiger partial charge in [-0.15, -0.1) is 0 Å². The Morgan fingerprint density at radius 1 is 1.73 bits per heavy atom. The fraction of sp³-hybridized carbons (Fsp3) is 0.444. The molecule has 0 spiro atoms. The molecule has 1 rings (SSSR count). The zero-order valence-corrected chi connectivity index (χ0v) is 8.79. The molecule has 6 heteroatoms. The number of methoxy groups -OCH3 is 1. The number of nitrogens with one attached hydrogen (secondary N) is 2. The van der Waals surface area contributed by atoms with Gasteiger partial charge in [0.15, 0.2) is 0 Å². The first-order valence-electron chi connectivity index (χ1n) is 4.31. The Morgan fingerprint density at radius 3 is 2.93 bits per heavy atom. The van der Waals surface area contributed by atoms with Crippen molar-refractivity contribution in [3.05, 3.63) is 11.8 Å². The van der Waals surface area contributed by atoms with Crippen molar-refractivity contribution in [1.29, 1.82) is 5.26 Å². The predicted octanol–water partition coefficient (Wildman–Crippen LogP) is 0.645.